The lowest BCUT2D eigenvalue weighted by atomic mass is 10.3. The fraction of sp³-hybridized carbons (Fsp3) is 0.714. The smallest absolute Gasteiger partial charge is 0.0506 e. The quantitative estimate of drug-likeness (QED) is 0.553. The minimum absolute atomic E-state index is 0.105. The molecule has 0 bridgehead atoms. The number of hydrogen-bond donors (Lipinski definition) is 0. The second-order valence-corrected chi connectivity index (χ2v) is 4.97. The van der Waals surface area contributed by atoms with E-state index in [4.69, 9.17) is 0 Å². The van der Waals surface area contributed by atoms with E-state index in [0.717, 1.165) is 0 Å². The second-order valence-electron chi connectivity index (χ2n) is 2.88. The van der Waals surface area contributed by atoms with Crippen LogP contribution >= 0.6 is 0 Å². The summed E-state index contributed by atoms with van der Waals surface area (Å²) < 4.78 is 11.0. The zero-order chi connectivity index (χ0) is 7.49. The molecule has 0 aliphatic carbocycles. The topological polar surface area (TPSA) is 17.1 Å². The van der Waals surface area contributed by atoms with Gasteiger partial charge in [-0.3, -0.25) is 4.21 Å². The van der Waals surface area contributed by atoms with Gasteiger partial charge in [0.2, 0.25) is 0 Å². The molecule has 0 aromatic heterocycles. The Hall–Kier alpha value is -0.110. The Labute approximate surface area is 59.6 Å². The van der Waals surface area contributed by atoms with Crippen molar-refractivity contribution in [2.45, 2.75) is 32.4 Å². The molecule has 0 heterocycles. The van der Waals surface area contributed by atoms with E-state index >= 15 is 0 Å². The average Bonchev–Trinajstić information content (AvgIpc) is 1.64. The van der Waals surface area contributed by atoms with Crippen LogP contribution in [0.2, 0.25) is 0 Å². The molecular weight excluding hydrogens is 132 g/mol. The van der Waals surface area contributed by atoms with Crippen LogP contribution in [-0.4, -0.2) is 8.96 Å². The van der Waals surface area contributed by atoms with Gasteiger partial charge in [0.05, 0.1) is 10.8 Å². The lowest BCUT2D eigenvalue weighted by Gasteiger charge is -2.13. The Bertz CT molecular complexity index is 130. The van der Waals surface area contributed by atoms with Crippen LogP contribution in [0.4, 0.5) is 0 Å². The molecule has 0 amide bonds. The molecule has 0 spiro atoms. The summed E-state index contributed by atoms with van der Waals surface area (Å²) in [5, 5.41) is 1.72. The van der Waals surface area contributed by atoms with Crippen LogP contribution in [0.3, 0.4) is 0 Å². The lowest BCUT2D eigenvalue weighted by molar-refractivity contribution is 0.656. The van der Waals surface area contributed by atoms with Crippen molar-refractivity contribution in [3.63, 3.8) is 0 Å². The van der Waals surface area contributed by atoms with Crippen LogP contribution in [0.15, 0.2) is 11.5 Å². The van der Waals surface area contributed by atoms with E-state index in [1.54, 1.807) is 5.41 Å². The SMILES string of the molecule is CC=CS(=O)C(C)(C)C. The molecule has 0 saturated carbocycles. The van der Waals surface area contributed by atoms with Crippen LogP contribution in [0.5, 0.6) is 0 Å². The first-order valence-corrected chi connectivity index (χ1v) is 4.23. The summed E-state index contributed by atoms with van der Waals surface area (Å²) in [4.78, 5) is 0. The van der Waals surface area contributed by atoms with E-state index in [2.05, 4.69) is 0 Å². The van der Waals surface area contributed by atoms with Crippen molar-refractivity contribution in [1.82, 2.24) is 0 Å². The van der Waals surface area contributed by atoms with Crippen molar-refractivity contribution >= 4 is 10.8 Å². The highest BCUT2D eigenvalue weighted by Gasteiger charge is 2.15. The van der Waals surface area contributed by atoms with Gasteiger partial charge in [0.15, 0.2) is 0 Å². The molecule has 1 atom stereocenters. The summed E-state index contributed by atoms with van der Waals surface area (Å²) in [5.74, 6) is 0. The summed E-state index contributed by atoms with van der Waals surface area (Å²) >= 11 is 0. The molecule has 0 saturated heterocycles. The number of rotatable bonds is 1. The minimum Gasteiger partial charge on any atom is -0.254 e. The molecule has 0 rings (SSSR count). The number of allylic oxidation sites excluding steroid dienone is 1. The van der Waals surface area contributed by atoms with Crippen molar-refractivity contribution in [2.24, 2.45) is 0 Å². The standard InChI is InChI=1S/C7H14OS/c1-5-6-9(8)7(2,3)4/h5-6H,1-4H3. The predicted molar refractivity (Wildman–Crippen MR) is 42.7 cm³/mol. The van der Waals surface area contributed by atoms with E-state index in [-0.39, 0.29) is 4.75 Å². The maximum absolute atomic E-state index is 11.1. The van der Waals surface area contributed by atoms with E-state index < -0.39 is 10.8 Å². The van der Waals surface area contributed by atoms with Crippen LogP contribution in [0.25, 0.3) is 0 Å². The van der Waals surface area contributed by atoms with Crippen molar-refractivity contribution in [3.05, 3.63) is 11.5 Å². The Morgan fingerprint density at radius 1 is 1.33 bits per heavy atom. The van der Waals surface area contributed by atoms with Crippen LogP contribution < -0.4 is 0 Å². The molecule has 0 N–H and O–H groups in total. The van der Waals surface area contributed by atoms with Gasteiger partial charge in [0.25, 0.3) is 0 Å². The molecule has 0 aliphatic rings. The Balaban J connectivity index is 4.06. The van der Waals surface area contributed by atoms with E-state index in [1.807, 2.05) is 33.8 Å². The molecule has 1 nitrogen and oxygen atoms in total. The van der Waals surface area contributed by atoms with E-state index in [1.165, 1.54) is 0 Å². The first-order chi connectivity index (χ1) is 3.98. The molecule has 54 valence electrons. The Kier molecular flexibility index (Phi) is 3.12. The largest absolute Gasteiger partial charge is 0.254 e. The average molecular weight is 146 g/mol. The van der Waals surface area contributed by atoms with E-state index in [0.29, 0.717) is 0 Å². The van der Waals surface area contributed by atoms with Crippen LogP contribution in [0.1, 0.15) is 27.7 Å². The van der Waals surface area contributed by atoms with Gasteiger partial charge in [-0.05, 0) is 33.1 Å². The monoisotopic (exact) mass is 146 g/mol. The van der Waals surface area contributed by atoms with Gasteiger partial charge in [0, 0.05) is 4.75 Å². The second kappa shape index (κ2) is 3.16. The van der Waals surface area contributed by atoms with Gasteiger partial charge < -0.3 is 0 Å². The highest BCUT2D eigenvalue weighted by Crippen LogP contribution is 2.11. The van der Waals surface area contributed by atoms with Crippen molar-refractivity contribution in [2.75, 3.05) is 0 Å². The summed E-state index contributed by atoms with van der Waals surface area (Å²) in [7, 11) is -0.818. The summed E-state index contributed by atoms with van der Waals surface area (Å²) in [5.41, 5.74) is 0. The van der Waals surface area contributed by atoms with Gasteiger partial charge in [0.1, 0.15) is 0 Å². The third-order valence-electron chi connectivity index (χ3n) is 0.863. The molecule has 0 aromatic rings. The molecule has 9 heavy (non-hydrogen) atoms. The fourth-order valence-electron chi connectivity index (χ4n) is 0.328. The first-order valence-electron chi connectivity index (χ1n) is 3.02. The van der Waals surface area contributed by atoms with Crippen molar-refractivity contribution in [1.29, 1.82) is 0 Å². The molecule has 0 radical (unpaired) electrons. The van der Waals surface area contributed by atoms with Crippen molar-refractivity contribution in [3.8, 4) is 0 Å². The molecule has 0 aromatic carbocycles. The molecular formula is C7H14OS. The predicted octanol–water partition coefficient (Wildman–Crippen LogP) is 2.07. The summed E-state index contributed by atoms with van der Waals surface area (Å²) in [6.07, 6.45) is 1.82. The highest BCUT2D eigenvalue weighted by atomic mass is 32.2. The van der Waals surface area contributed by atoms with Gasteiger partial charge in [-0.15, -0.1) is 0 Å². The molecule has 2 heteroatoms. The van der Waals surface area contributed by atoms with Gasteiger partial charge in [-0.2, -0.15) is 0 Å². The maximum Gasteiger partial charge on any atom is 0.0506 e. The zero-order valence-electron chi connectivity index (χ0n) is 6.47. The van der Waals surface area contributed by atoms with Crippen LogP contribution in [-0.2, 0) is 10.8 Å². The normalized spacial score (nSPS) is 16.4. The minimum atomic E-state index is -0.818. The summed E-state index contributed by atoms with van der Waals surface area (Å²) in [6, 6.07) is 0. The van der Waals surface area contributed by atoms with Gasteiger partial charge >= 0.3 is 0 Å². The van der Waals surface area contributed by atoms with Crippen molar-refractivity contribution < 1.29 is 4.21 Å². The highest BCUT2D eigenvalue weighted by molar-refractivity contribution is 7.89. The van der Waals surface area contributed by atoms with E-state index in [9.17, 15) is 4.21 Å². The molecule has 0 aliphatic heterocycles. The third-order valence-corrected chi connectivity index (χ3v) is 2.59. The van der Waals surface area contributed by atoms with Gasteiger partial charge in [-0.25, -0.2) is 0 Å². The first kappa shape index (κ1) is 8.89. The summed E-state index contributed by atoms with van der Waals surface area (Å²) in [6.45, 7) is 7.76. The maximum atomic E-state index is 11.1. The van der Waals surface area contributed by atoms with Crippen LogP contribution in [0, 0.1) is 0 Å². The molecule has 0 fully saturated rings. The molecule has 1 unspecified atom stereocenters. The lowest BCUT2D eigenvalue weighted by Crippen LogP contribution is -2.19. The Morgan fingerprint density at radius 2 is 1.78 bits per heavy atom. The van der Waals surface area contributed by atoms with Gasteiger partial charge in [-0.1, -0.05) is 6.08 Å². The fourth-order valence-corrected chi connectivity index (χ4v) is 0.983. The number of hydrogen-bond acceptors (Lipinski definition) is 1. The Morgan fingerprint density at radius 3 is 1.89 bits per heavy atom. The third kappa shape index (κ3) is 3.46. The zero-order valence-corrected chi connectivity index (χ0v) is 7.29.